The molecule has 1 aromatic carbocycles. The van der Waals surface area contributed by atoms with Crippen LogP contribution in [0.3, 0.4) is 0 Å². The molecule has 1 atom stereocenters. The minimum absolute atomic E-state index is 0.110. The molecule has 0 aliphatic rings. The Kier molecular flexibility index (Phi) is 4.58. The first-order chi connectivity index (χ1) is 11.0. The lowest BCUT2D eigenvalue weighted by molar-refractivity contribution is 0.0935. The summed E-state index contributed by atoms with van der Waals surface area (Å²) in [6, 6.07) is 7.73. The molecule has 0 bridgehead atoms. The molecule has 0 fully saturated rings. The number of hydrogen-bond acceptors (Lipinski definition) is 4. The highest BCUT2D eigenvalue weighted by Gasteiger charge is 2.16. The second-order valence-electron chi connectivity index (χ2n) is 5.16. The number of thiazole rings is 1. The maximum atomic E-state index is 12.4. The van der Waals surface area contributed by atoms with Gasteiger partial charge in [-0.3, -0.25) is 9.48 Å². The number of benzene rings is 1. The fourth-order valence-corrected chi connectivity index (χ4v) is 3.62. The molecule has 118 valence electrons. The first kappa shape index (κ1) is 15.9. The number of nitrogens with zero attached hydrogens (tertiary/aromatic N) is 3. The van der Waals surface area contributed by atoms with Crippen molar-refractivity contribution in [2.45, 2.75) is 13.0 Å². The molecule has 0 saturated heterocycles. The Hall–Kier alpha value is -1.99. The molecule has 23 heavy (non-hydrogen) atoms. The van der Waals surface area contributed by atoms with Gasteiger partial charge in [-0.2, -0.15) is 5.10 Å². The number of halogens is 1. The van der Waals surface area contributed by atoms with Crippen LogP contribution in [0.5, 0.6) is 0 Å². The van der Waals surface area contributed by atoms with Crippen LogP contribution < -0.4 is 5.32 Å². The minimum Gasteiger partial charge on any atom is -0.344 e. The van der Waals surface area contributed by atoms with Crippen LogP contribution in [-0.4, -0.2) is 20.7 Å². The molecule has 0 saturated carbocycles. The Bertz CT molecular complexity index is 842. The topological polar surface area (TPSA) is 59.8 Å². The monoisotopic (exact) mass is 390 g/mol. The van der Waals surface area contributed by atoms with Crippen molar-refractivity contribution in [3.8, 4) is 10.6 Å². The lowest BCUT2D eigenvalue weighted by atomic mass is 10.1. The van der Waals surface area contributed by atoms with Gasteiger partial charge in [0, 0.05) is 28.7 Å². The first-order valence-corrected chi connectivity index (χ1v) is 8.71. The van der Waals surface area contributed by atoms with Crippen LogP contribution in [0.15, 0.2) is 46.5 Å². The summed E-state index contributed by atoms with van der Waals surface area (Å²) in [5.74, 6) is -0.181. The molecule has 5 nitrogen and oxygen atoms in total. The Balaban J connectivity index is 1.74. The van der Waals surface area contributed by atoms with E-state index >= 15 is 0 Å². The Morgan fingerprint density at radius 2 is 2.17 bits per heavy atom. The van der Waals surface area contributed by atoms with Crippen LogP contribution in [0.1, 0.15) is 29.0 Å². The van der Waals surface area contributed by atoms with Gasteiger partial charge in [0.25, 0.3) is 5.91 Å². The van der Waals surface area contributed by atoms with Gasteiger partial charge in [0.2, 0.25) is 0 Å². The average Bonchev–Trinajstić information content (AvgIpc) is 3.16. The summed E-state index contributed by atoms with van der Waals surface area (Å²) >= 11 is 4.94. The number of carbonyl (C=O) groups excluding carboxylic acids is 1. The summed E-state index contributed by atoms with van der Waals surface area (Å²) in [7, 11) is 1.85. The molecule has 3 rings (SSSR count). The molecule has 2 aromatic heterocycles. The second-order valence-corrected chi connectivity index (χ2v) is 6.87. The summed E-state index contributed by atoms with van der Waals surface area (Å²) in [5, 5.41) is 9.66. The molecule has 0 aliphatic heterocycles. The van der Waals surface area contributed by atoms with E-state index in [1.807, 2.05) is 44.4 Å². The van der Waals surface area contributed by atoms with Crippen LogP contribution >= 0.6 is 27.3 Å². The van der Waals surface area contributed by atoms with Gasteiger partial charge < -0.3 is 5.32 Å². The van der Waals surface area contributed by atoms with Gasteiger partial charge in [0.1, 0.15) is 10.7 Å². The number of hydrogen-bond donors (Lipinski definition) is 1. The van der Waals surface area contributed by atoms with E-state index in [1.54, 1.807) is 16.3 Å². The highest BCUT2D eigenvalue weighted by molar-refractivity contribution is 9.10. The van der Waals surface area contributed by atoms with E-state index < -0.39 is 0 Å². The van der Waals surface area contributed by atoms with Crippen molar-refractivity contribution in [3.05, 3.63) is 57.8 Å². The molecule has 7 heteroatoms. The molecule has 0 aliphatic carbocycles. The molecule has 0 spiro atoms. The van der Waals surface area contributed by atoms with Crippen molar-refractivity contribution in [2.24, 2.45) is 7.05 Å². The van der Waals surface area contributed by atoms with Crippen LogP contribution in [0, 0.1) is 0 Å². The van der Waals surface area contributed by atoms with Gasteiger partial charge in [0.05, 0.1) is 12.2 Å². The number of aryl methyl sites for hydroxylation is 1. The van der Waals surface area contributed by atoms with Crippen molar-refractivity contribution in [1.82, 2.24) is 20.1 Å². The lowest BCUT2D eigenvalue weighted by Crippen LogP contribution is -2.27. The maximum absolute atomic E-state index is 12.4. The number of carbonyl (C=O) groups is 1. The Labute approximate surface area is 146 Å². The molecule has 0 radical (unpaired) electrons. The summed E-state index contributed by atoms with van der Waals surface area (Å²) < 4.78 is 2.69. The first-order valence-electron chi connectivity index (χ1n) is 7.04. The van der Waals surface area contributed by atoms with E-state index in [2.05, 4.69) is 31.3 Å². The zero-order valence-electron chi connectivity index (χ0n) is 12.7. The molecule has 1 N–H and O–H groups in total. The zero-order chi connectivity index (χ0) is 16.4. The third-order valence-electron chi connectivity index (χ3n) is 3.41. The summed E-state index contributed by atoms with van der Waals surface area (Å²) in [4.78, 5) is 16.8. The van der Waals surface area contributed by atoms with Gasteiger partial charge in [0.15, 0.2) is 0 Å². The molecule has 2 heterocycles. The number of aromatic nitrogens is 3. The Morgan fingerprint density at radius 3 is 2.87 bits per heavy atom. The van der Waals surface area contributed by atoms with Gasteiger partial charge >= 0.3 is 0 Å². The van der Waals surface area contributed by atoms with Crippen molar-refractivity contribution in [3.63, 3.8) is 0 Å². The quantitative estimate of drug-likeness (QED) is 0.736. The van der Waals surface area contributed by atoms with Crippen molar-refractivity contribution in [1.29, 1.82) is 0 Å². The predicted octanol–water partition coefficient (Wildman–Crippen LogP) is 3.80. The largest absolute Gasteiger partial charge is 0.344 e. The predicted molar refractivity (Wildman–Crippen MR) is 94.3 cm³/mol. The van der Waals surface area contributed by atoms with Crippen LogP contribution in [0.2, 0.25) is 0 Å². The number of amides is 1. The van der Waals surface area contributed by atoms with E-state index in [0.29, 0.717) is 5.69 Å². The van der Waals surface area contributed by atoms with E-state index in [4.69, 9.17) is 0 Å². The second kappa shape index (κ2) is 6.64. The molecular weight excluding hydrogens is 376 g/mol. The smallest absolute Gasteiger partial charge is 0.271 e. The normalized spacial score (nSPS) is 12.1. The van der Waals surface area contributed by atoms with E-state index in [9.17, 15) is 4.79 Å². The third-order valence-corrected chi connectivity index (χ3v) is 5.02. The SMILES string of the molecule is CC(NC(=O)c1csc(-c2cnn(C)c2)n1)c1ccccc1Br. The van der Waals surface area contributed by atoms with Gasteiger partial charge in [-0.25, -0.2) is 4.98 Å². The van der Waals surface area contributed by atoms with Crippen LogP contribution in [-0.2, 0) is 7.05 Å². The Morgan fingerprint density at radius 1 is 1.39 bits per heavy atom. The number of rotatable bonds is 4. The minimum atomic E-state index is -0.181. The molecule has 1 unspecified atom stereocenters. The summed E-state index contributed by atoms with van der Waals surface area (Å²) in [6.45, 7) is 1.95. The zero-order valence-corrected chi connectivity index (χ0v) is 15.1. The van der Waals surface area contributed by atoms with Gasteiger partial charge in [-0.15, -0.1) is 11.3 Å². The average molecular weight is 391 g/mol. The summed E-state index contributed by atoms with van der Waals surface area (Å²) in [5.41, 5.74) is 2.37. The van der Waals surface area contributed by atoms with E-state index in [0.717, 1.165) is 20.6 Å². The maximum Gasteiger partial charge on any atom is 0.271 e. The molecule has 3 aromatic rings. The van der Waals surface area contributed by atoms with Crippen LogP contribution in [0.4, 0.5) is 0 Å². The lowest BCUT2D eigenvalue weighted by Gasteiger charge is -2.14. The van der Waals surface area contributed by atoms with Crippen LogP contribution in [0.25, 0.3) is 10.6 Å². The van der Waals surface area contributed by atoms with E-state index in [-0.39, 0.29) is 11.9 Å². The fraction of sp³-hybridized carbons (Fsp3) is 0.188. The van der Waals surface area contributed by atoms with Crippen molar-refractivity contribution in [2.75, 3.05) is 0 Å². The van der Waals surface area contributed by atoms with Gasteiger partial charge in [-0.1, -0.05) is 34.1 Å². The standard InChI is InChI=1S/C16H15BrN4OS/c1-10(12-5-3-4-6-13(12)17)19-15(22)14-9-23-16(20-14)11-7-18-21(2)8-11/h3-10H,1-2H3,(H,19,22). The fourth-order valence-electron chi connectivity index (χ4n) is 2.22. The third kappa shape index (κ3) is 3.51. The highest BCUT2D eigenvalue weighted by Crippen LogP contribution is 2.25. The number of nitrogens with one attached hydrogen (secondary N) is 1. The highest BCUT2D eigenvalue weighted by atomic mass is 79.9. The molecular formula is C16H15BrN4OS. The summed E-state index contributed by atoms with van der Waals surface area (Å²) in [6.07, 6.45) is 3.62. The van der Waals surface area contributed by atoms with Crippen molar-refractivity contribution >= 4 is 33.2 Å². The van der Waals surface area contributed by atoms with Crippen molar-refractivity contribution < 1.29 is 4.79 Å². The molecule has 1 amide bonds. The van der Waals surface area contributed by atoms with Gasteiger partial charge in [-0.05, 0) is 18.6 Å². The van der Waals surface area contributed by atoms with E-state index in [1.165, 1.54) is 11.3 Å².